The lowest BCUT2D eigenvalue weighted by Crippen LogP contribution is -2.50. The van der Waals surface area contributed by atoms with Crippen molar-refractivity contribution >= 4 is 5.69 Å². The quantitative estimate of drug-likeness (QED) is 0.794. The Labute approximate surface area is 117 Å². The van der Waals surface area contributed by atoms with Crippen molar-refractivity contribution in [3.05, 3.63) is 29.8 Å². The molecule has 0 heterocycles. The highest BCUT2D eigenvalue weighted by atomic mass is 16.3. The first-order valence-corrected chi connectivity index (χ1v) is 7.03. The van der Waals surface area contributed by atoms with Crippen molar-refractivity contribution in [1.82, 2.24) is 5.32 Å². The fourth-order valence-electron chi connectivity index (χ4n) is 2.30. The molecule has 0 aromatic heterocycles. The van der Waals surface area contributed by atoms with Crippen molar-refractivity contribution in [2.24, 2.45) is 0 Å². The fraction of sp³-hybridized carbons (Fsp3) is 0.625. The molecule has 0 fully saturated rings. The summed E-state index contributed by atoms with van der Waals surface area (Å²) in [7, 11) is 2.10. The van der Waals surface area contributed by atoms with Gasteiger partial charge in [0.05, 0.1) is 6.61 Å². The Morgan fingerprint density at radius 3 is 2.58 bits per heavy atom. The van der Waals surface area contributed by atoms with Crippen LogP contribution in [0.4, 0.5) is 5.69 Å². The van der Waals surface area contributed by atoms with Gasteiger partial charge >= 0.3 is 0 Å². The van der Waals surface area contributed by atoms with E-state index in [2.05, 4.69) is 69.2 Å². The predicted octanol–water partition coefficient (Wildman–Crippen LogP) is 2.57. The minimum atomic E-state index is -0.216. The molecule has 0 aliphatic heterocycles. The zero-order chi connectivity index (χ0) is 14.5. The van der Waals surface area contributed by atoms with E-state index in [0.717, 1.165) is 13.0 Å². The Balaban J connectivity index is 2.59. The molecule has 0 amide bonds. The van der Waals surface area contributed by atoms with Gasteiger partial charge < -0.3 is 15.3 Å². The van der Waals surface area contributed by atoms with Gasteiger partial charge in [-0.15, -0.1) is 0 Å². The van der Waals surface area contributed by atoms with Crippen LogP contribution in [0, 0.1) is 6.92 Å². The van der Waals surface area contributed by atoms with Crippen LogP contribution in [-0.4, -0.2) is 36.9 Å². The van der Waals surface area contributed by atoms with Gasteiger partial charge in [0.1, 0.15) is 0 Å². The van der Waals surface area contributed by atoms with Crippen molar-refractivity contribution < 1.29 is 5.11 Å². The van der Waals surface area contributed by atoms with E-state index in [9.17, 15) is 5.11 Å². The molecule has 1 atom stereocenters. The van der Waals surface area contributed by atoms with Crippen LogP contribution in [-0.2, 0) is 0 Å². The van der Waals surface area contributed by atoms with E-state index in [0.29, 0.717) is 6.04 Å². The van der Waals surface area contributed by atoms with Crippen LogP contribution in [0.15, 0.2) is 24.3 Å². The minimum Gasteiger partial charge on any atom is -0.394 e. The number of aliphatic hydroxyl groups excluding tert-OH is 1. The second-order valence-corrected chi connectivity index (χ2v) is 6.03. The summed E-state index contributed by atoms with van der Waals surface area (Å²) in [6.07, 6.45) is 0.909. The number of rotatable bonds is 7. The summed E-state index contributed by atoms with van der Waals surface area (Å²) in [6, 6.07) is 8.88. The van der Waals surface area contributed by atoms with Gasteiger partial charge in [-0.1, -0.05) is 26.0 Å². The van der Waals surface area contributed by atoms with Crippen LogP contribution < -0.4 is 10.2 Å². The summed E-state index contributed by atoms with van der Waals surface area (Å²) in [5.74, 6) is 0. The molecule has 108 valence electrons. The summed E-state index contributed by atoms with van der Waals surface area (Å²) >= 11 is 0. The molecular formula is C16H28N2O. The lowest BCUT2D eigenvalue weighted by atomic mass is 9.97. The second kappa shape index (κ2) is 6.92. The van der Waals surface area contributed by atoms with E-state index in [1.807, 2.05) is 0 Å². The highest BCUT2D eigenvalue weighted by Crippen LogP contribution is 2.17. The third-order valence-electron chi connectivity index (χ3n) is 3.43. The number of anilines is 1. The van der Waals surface area contributed by atoms with Crippen LogP contribution in [0.1, 0.15) is 32.8 Å². The summed E-state index contributed by atoms with van der Waals surface area (Å²) < 4.78 is 0. The van der Waals surface area contributed by atoms with Gasteiger partial charge in [-0.05, 0) is 38.0 Å². The van der Waals surface area contributed by atoms with E-state index in [1.54, 1.807) is 0 Å². The van der Waals surface area contributed by atoms with E-state index in [-0.39, 0.29) is 12.1 Å². The largest absolute Gasteiger partial charge is 0.394 e. The SMILES string of the molecule is Cc1cccc(N(C)CCC(C)(CO)NC(C)C)c1. The van der Waals surface area contributed by atoms with Gasteiger partial charge in [0.15, 0.2) is 0 Å². The van der Waals surface area contributed by atoms with Crippen LogP contribution >= 0.6 is 0 Å². The average molecular weight is 264 g/mol. The highest BCUT2D eigenvalue weighted by Gasteiger charge is 2.24. The van der Waals surface area contributed by atoms with Gasteiger partial charge in [-0.3, -0.25) is 0 Å². The fourth-order valence-corrected chi connectivity index (χ4v) is 2.30. The Kier molecular flexibility index (Phi) is 5.83. The Morgan fingerprint density at radius 1 is 1.37 bits per heavy atom. The number of aliphatic hydroxyl groups is 1. The zero-order valence-corrected chi connectivity index (χ0v) is 12.9. The maximum absolute atomic E-state index is 9.58. The summed E-state index contributed by atoms with van der Waals surface area (Å²) in [5.41, 5.74) is 2.28. The molecule has 1 unspecified atom stereocenters. The number of hydrogen-bond donors (Lipinski definition) is 2. The lowest BCUT2D eigenvalue weighted by molar-refractivity contribution is 0.158. The number of aryl methyl sites for hydroxylation is 1. The molecule has 2 N–H and O–H groups in total. The van der Waals surface area contributed by atoms with Crippen molar-refractivity contribution in [3.63, 3.8) is 0 Å². The molecule has 1 aromatic rings. The molecule has 19 heavy (non-hydrogen) atoms. The highest BCUT2D eigenvalue weighted by molar-refractivity contribution is 5.47. The molecule has 1 aromatic carbocycles. The minimum absolute atomic E-state index is 0.160. The van der Waals surface area contributed by atoms with E-state index < -0.39 is 0 Å². The second-order valence-electron chi connectivity index (χ2n) is 6.03. The summed E-state index contributed by atoms with van der Waals surface area (Å²) in [4.78, 5) is 2.24. The third-order valence-corrected chi connectivity index (χ3v) is 3.43. The molecule has 0 spiro atoms. The third kappa shape index (κ3) is 5.21. The molecule has 0 aliphatic carbocycles. The molecule has 0 saturated heterocycles. The monoisotopic (exact) mass is 264 g/mol. The first kappa shape index (κ1) is 16.0. The van der Waals surface area contributed by atoms with E-state index >= 15 is 0 Å². The standard InChI is InChI=1S/C16H28N2O/c1-13(2)17-16(4,12-19)9-10-18(5)15-8-6-7-14(3)11-15/h6-8,11,13,17,19H,9-10,12H2,1-5H3. The Hall–Kier alpha value is -1.06. The maximum atomic E-state index is 9.58. The summed E-state index contributed by atoms with van der Waals surface area (Å²) in [6.45, 7) is 9.48. The van der Waals surface area contributed by atoms with Crippen molar-refractivity contribution in [3.8, 4) is 0 Å². The molecule has 0 bridgehead atoms. The molecule has 0 aliphatic rings. The van der Waals surface area contributed by atoms with E-state index in [1.165, 1.54) is 11.3 Å². The van der Waals surface area contributed by atoms with Crippen LogP contribution in [0.3, 0.4) is 0 Å². The summed E-state index contributed by atoms with van der Waals surface area (Å²) in [5, 5.41) is 13.0. The normalized spacial score (nSPS) is 14.5. The van der Waals surface area contributed by atoms with Gasteiger partial charge in [0, 0.05) is 30.9 Å². The lowest BCUT2D eigenvalue weighted by Gasteiger charge is -2.33. The first-order chi connectivity index (χ1) is 8.86. The van der Waals surface area contributed by atoms with Gasteiger partial charge in [-0.2, -0.15) is 0 Å². The molecule has 3 nitrogen and oxygen atoms in total. The Bertz CT molecular complexity index is 392. The predicted molar refractivity (Wildman–Crippen MR) is 82.8 cm³/mol. The molecule has 0 radical (unpaired) electrons. The smallest absolute Gasteiger partial charge is 0.0611 e. The van der Waals surface area contributed by atoms with Crippen LogP contribution in [0.5, 0.6) is 0 Å². The van der Waals surface area contributed by atoms with Crippen LogP contribution in [0.2, 0.25) is 0 Å². The topological polar surface area (TPSA) is 35.5 Å². The first-order valence-electron chi connectivity index (χ1n) is 7.03. The number of hydrogen-bond acceptors (Lipinski definition) is 3. The van der Waals surface area contributed by atoms with Gasteiger partial charge in [-0.25, -0.2) is 0 Å². The Morgan fingerprint density at radius 2 is 2.05 bits per heavy atom. The molecule has 3 heteroatoms. The van der Waals surface area contributed by atoms with Crippen LogP contribution in [0.25, 0.3) is 0 Å². The average Bonchev–Trinajstić information content (AvgIpc) is 2.35. The molecule has 0 saturated carbocycles. The van der Waals surface area contributed by atoms with Gasteiger partial charge in [0.2, 0.25) is 0 Å². The number of benzene rings is 1. The molecule has 1 rings (SSSR count). The number of nitrogens with one attached hydrogen (secondary N) is 1. The van der Waals surface area contributed by atoms with Crippen molar-refractivity contribution in [2.75, 3.05) is 25.1 Å². The van der Waals surface area contributed by atoms with E-state index in [4.69, 9.17) is 0 Å². The number of nitrogens with zero attached hydrogens (tertiary/aromatic N) is 1. The van der Waals surface area contributed by atoms with Crippen molar-refractivity contribution in [2.45, 2.75) is 45.7 Å². The zero-order valence-electron chi connectivity index (χ0n) is 12.9. The maximum Gasteiger partial charge on any atom is 0.0611 e. The molecular weight excluding hydrogens is 236 g/mol. The van der Waals surface area contributed by atoms with Gasteiger partial charge in [0.25, 0.3) is 0 Å². The van der Waals surface area contributed by atoms with Crippen molar-refractivity contribution in [1.29, 1.82) is 0 Å².